The number of aryl methyl sites for hydroxylation is 1. The number of likely N-dealkylation sites (N-methyl/N-ethyl adjacent to an activating group) is 1. The van der Waals surface area contributed by atoms with Gasteiger partial charge in [0.05, 0.1) is 12.0 Å². The highest BCUT2D eigenvalue weighted by Gasteiger charge is 2.36. The summed E-state index contributed by atoms with van der Waals surface area (Å²) < 4.78 is 0. The Morgan fingerprint density at radius 2 is 1.79 bits per heavy atom. The van der Waals surface area contributed by atoms with Gasteiger partial charge in [0.15, 0.2) is 5.78 Å². The molecule has 34 heavy (non-hydrogen) atoms. The Kier molecular flexibility index (Phi) is 8.02. The van der Waals surface area contributed by atoms with Gasteiger partial charge in [-0.15, -0.1) is 0 Å². The summed E-state index contributed by atoms with van der Waals surface area (Å²) in [5.41, 5.74) is 5.81. The second-order valence-electron chi connectivity index (χ2n) is 10.9. The van der Waals surface area contributed by atoms with Gasteiger partial charge >= 0.3 is 0 Å². The second-order valence-corrected chi connectivity index (χ2v) is 10.9. The Hall–Kier alpha value is -2.46. The zero-order valence-corrected chi connectivity index (χ0v) is 21.9. The van der Waals surface area contributed by atoms with Crippen molar-refractivity contribution < 1.29 is 14.7 Å². The number of benzene rings is 2. The van der Waals surface area contributed by atoms with Crippen LogP contribution in [0.25, 0.3) is 11.1 Å². The van der Waals surface area contributed by atoms with Crippen molar-refractivity contribution in [1.29, 1.82) is 0 Å². The third-order valence-electron chi connectivity index (χ3n) is 7.44. The number of hydrogen-bond donors (Lipinski definition) is 1. The molecule has 1 atom stereocenters. The second kappa shape index (κ2) is 10.4. The van der Waals surface area contributed by atoms with Crippen LogP contribution in [0.1, 0.15) is 81.4 Å². The lowest BCUT2D eigenvalue weighted by Crippen LogP contribution is -2.32. The lowest BCUT2D eigenvalue weighted by Gasteiger charge is -2.26. The minimum absolute atomic E-state index is 0.0344. The minimum Gasteiger partial charge on any atom is -0.390 e. The summed E-state index contributed by atoms with van der Waals surface area (Å²) in [4.78, 5) is 26.5. The van der Waals surface area contributed by atoms with Crippen molar-refractivity contribution >= 4 is 11.7 Å². The van der Waals surface area contributed by atoms with Gasteiger partial charge in [-0.1, -0.05) is 58.0 Å². The molecule has 2 aromatic carbocycles. The molecule has 1 saturated carbocycles. The number of carbonyl (C=O) groups excluding carboxylic acids is 2. The molecule has 1 N–H and O–H groups in total. The predicted molar refractivity (Wildman–Crippen MR) is 139 cm³/mol. The van der Waals surface area contributed by atoms with E-state index in [1.165, 1.54) is 18.4 Å². The van der Waals surface area contributed by atoms with Gasteiger partial charge in [0, 0.05) is 25.1 Å². The summed E-state index contributed by atoms with van der Waals surface area (Å²) >= 11 is 0. The van der Waals surface area contributed by atoms with E-state index in [4.69, 9.17) is 0 Å². The monoisotopic (exact) mass is 463 g/mol. The van der Waals surface area contributed by atoms with E-state index in [9.17, 15) is 14.7 Å². The topological polar surface area (TPSA) is 57.6 Å². The molecule has 1 amide bonds. The number of amides is 1. The number of aliphatic hydroxyl groups is 1. The van der Waals surface area contributed by atoms with Crippen molar-refractivity contribution in [3.63, 3.8) is 0 Å². The van der Waals surface area contributed by atoms with E-state index in [1.807, 2.05) is 65.1 Å². The molecule has 1 fully saturated rings. The molecule has 0 aromatic heterocycles. The first-order valence-electron chi connectivity index (χ1n) is 12.7. The molecule has 2 aliphatic rings. The van der Waals surface area contributed by atoms with Crippen LogP contribution in [0.15, 0.2) is 36.4 Å². The number of carbonyl (C=O) groups is 2. The summed E-state index contributed by atoms with van der Waals surface area (Å²) in [5.74, 6) is 1.61. The largest absolute Gasteiger partial charge is 0.390 e. The quantitative estimate of drug-likeness (QED) is 0.529. The lowest BCUT2D eigenvalue weighted by molar-refractivity contribution is -0.130. The highest BCUT2D eigenvalue weighted by Crippen LogP contribution is 2.41. The smallest absolute Gasteiger partial charge is 0.227 e. The minimum atomic E-state index is -0.457. The van der Waals surface area contributed by atoms with E-state index in [2.05, 4.69) is 19.9 Å². The van der Waals surface area contributed by atoms with E-state index >= 15 is 0 Å². The summed E-state index contributed by atoms with van der Waals surface area (Å²) in [6, 6.07) is 12.3. The molecule has 2 aromatic rings. The van der Waals surface area contributed by atoms with E-state index in [0.717, 1.165) is 40.2 Å². The number of rotatable bonds is 6. The van der Waals surface area contributed by atoms with E-state index in [-0.39, 0.29) is 17.6 Å². The van der Waals surface area contributed by atoms with Gasteiger partial charge in [0.1, 0.15) is 0 Å². The molecule has 4 heteroatoms. The number of hydrogen-bond acceptors (Lipinski definition) is 3. The van der Waals surface area contributed by atoms with Crippen molar-refractivity contribution in [2.75, 3.05) is 7.05 Å². The Bertz CT molecular complexity index is 1040. The fourth-order valence-electron chi connectivity index (χ4n) is 4.64. The summed E-state index contributed by atoms with van der Waals surface area (Å²) in [6.07, 6.45) is 3.94. The third-order valence-corrected chi connectivity index (χ3v) is 7.44. The first-order chi connectivity index (χ1) is 15.9. The number of Topliss-reactive ketones (excluding diaryl/α,β-unsaturated/α-hetero) is 1. The van der Waals surface area contributed by atoms with Gasteiger partial charge in [-0.2, -0.15) is 0 Å². The molecule has 0 spiro atoms. The van der Waals surface area contributed by atoms with Gasteiger partial charge in [0.25, 0.3) is 0 Å². The van der Waals surface area contributed by atoms with Crippen LogP contribution >= 0.6 is 0 Å². The highest BCUT2D eigenvalue weighted by atomic mass is 16.3. The highest BCUT2D eigenvalue weighted by molar-refractivity contribution is 6.04. The van der Waals surface area contributed by atoms with Crippen LogP contribution in [0, 0.1) is 17.8 Å². The molecule has 184 valence electrons. The van der Waals surface area contributed by atoms with Crippen LogP contribution < -0.4 is 0 Å². The number of nitrogens with zero attached hydrogens (tertiary/aromatic N) is 1. The fourth-order valence-corrected chi connectivity index (χ4v) is 4.64. The molecular weight excluding hydrogens is 422 g/mol. The summed E-state index contributed by atoms with van der Waals surface area (Å²) in [5, 5.41) is 9.50. The first kappa shape index (κ1) is 26.2. The Balaban J connectivity index is 0.000000302. The van der Waals surface area contributed by atoms with Gasteiger partial charge < -0.3 is 10.0 Å². The van der Waals surface area contributed by atoms with Gasteiger partial charge in [-0.3, -0.25) is 9.59 Å². The van der Waals surface area contributed by atoms with Crippen LogP contribution in [0.5, 0.6) is 0 Å². The molecule has 0 bridgehead atoms. The molecule has 1 unspecified atom stereocenters. The normalized spacial score (nSPS) is 16.6. The van der Waals surface area contributed by atoms with Gasteiger partial charge in [-0.05, 0) is 78.8 Å². The first-order valence-corrected chi connectivity index (χ1v) is 12.7. The van der Waals surface area contributed by atoms with Crippen LogP contribution in [-0.2, 0) is 24.2 Å². The maximum Gasteiger partial charge on any atom is 0.227 e. The van der Waals surface area contributed by atoms with Crippen LogP contribution in [0.4, 0.5) is 0 Å². The Labute approximate surface area is 205 Å². The van der Waals surface area contributed by atoms with E-state index < -0.39 is 5.60 Å². The fraction of sp³-hybridized carbons (Fsp3) is 0.533. The average Bonchev–Trinajstić information content (AvgIpc) is 3.63. The third kappa shape index (κ3) is 5.96. The zero-order chi connectivity index (χ0) is 25.2. The molecule has 0 saturated heterocycles. The van der Waals surface area contributed by atoms with E-state index in [1.54, 1.807) is 4.90 Å². The van der Waals surface area contributed by atoms with Crippen LogP contribution in [-0.4, -0.2) is 34.3 Å². The average molecular weight is 464 g/mol. The van der Waals surface area contributed by atoms with Gasteiger partial charge in [-0.25, -0.2) is 0 Å². The summed E-state index contributed by atoms with van der Waals surface area (Å²) in [6.45, 7) is 12.5. The van der Waals surface area contributed by atoms with Crippen molar-refractivity contribution in [2.45, 2.75) is 79.4 Å². The molecule has 4 nitrogen and oxygen atoms in total. The zero-order valence-electron chi connectivity index (χ0n) is 21.9. The Morgan fingerprint density at radius 3 is 2.32 bits per heavy atom. The summed E-state index contributed by atoms with van der Waals surface area (Å²) in [7, 11) is 1.84. The Morgan fingerprint density at radius 1 is 1.12 bits per heavy atom. The maximum atomic E-state index is 12.8. The standard InChI is InChI=1S/C22H25NO2.C8H16O/c1-5-15-7-6-8-19(21(15)22(25)14(2)3)17-10-9-16-12-20(24)23(4)13-18(16)11-17;1-6(7-4-5-7)8(2,3)9/h6-11,14H,5,12-13H2,1-4H3;6-7,9H,4-5H2,1-3H3. The molecule has 4 rings (SSSR count). The van der Waals surface area contributed by atoms with Crippen molar-refractivity contribution in [2.24, 2.45) is 17.8 Å². The predicted octanol–water partition coefficient (Wildman–Crippen LogP) is 6.07. The van der Waals surface area contributed by atoms with Crippen molar-refractivity contribution in [3.8, 4) is 11.1 Å². The maximum absolute atomic E-state index is 12.8. The molecule has 1 heterocycles. The van der Waals surface area contributed by atoms with Crippen LogP contribution in [0.2, 0.25) is 0 Å². The van der Waals surface area contributed by atoms with Crippen molar-refractivity contribution in [1.82, 2.24) is 4.90 Å². The molecule has 1 aliphatic heterocycles. The lowest BCUT2D eigenvalue weighted by atomic mass is 9.86. The molecule has 0 radical (unpaired) electrons. The van der Waals surface area contributed by atoms with Crippen molar-refractivity contribution in [3.05, 3.63) is 58.7 Å². The molecule has 1 aliphatic carbocycles. The SMILES string of the molecule is CC(C1CC1)C(C)(C)O.CCc1cccc(-c2ccc3c(c2)CN(C)C(=O)C3)c1C(=O)C(C)C. The van der Waals surface area contributed by atoms with E-state index in [0.29, 0.717) is 18.9 Å². The number of fused-ring (bicyclic) bond motifs is 1. The van der Waals surface area contributed by atoms with Crippen LogP contribution in [0.3, 0.4) is 0 Å². The molecular formula is C30H41NO3. The van der Waals surface area contributed by atoms with Gasteiger partial charge in [0.2, 0.25) is 5.91 Å². The number of ketones is 1.